The molecular weight excluding hydrogens is 424 g/mol. The van der Waals surface area contributed by atoms with Crippen LogP contribution in [0.1, 0.15) is 21.5 Å². The molecule has 0 aliphatic rings. The number of ketones is 1. The molecule has 0 spiro atoms. The van der Waals surface area contributed by atoms with E-state index in [9.17, 15) is 9.90 Å². The lowest BCUT2D eigenvalue weighted by Crippen LogP contribution is -2.05. The number of carbonyl (C=O) groups excluding carboxylic acids is 1. The van der Waals surface area contributed by atoms with Crippen LogP contribution in [-0.4, -0.2) is 39.3 Å². The molecular formula is C26H26O7. The molecule has 0 bridgehead atoms. The zero-order valence-corrected chi connectivity index (χ0v) is 19.0. The minimum absolute atomic E-state index is 0.0215. The summed E-state index contributed by atoms with van der Waals surface area (Å²) in [5.41, 5.74) is 1.76. The van der Waals surface area contributed by atoms with Crippen molar-refractivity contribution in [2.45, 2.75) is 6.61 Å². The fraction of sp³-hybridized carbons (Fsp3) is 0.192. The Kier molecular flexibility index (Phi) is 7.81. The zero-order valence-electron chi connectivity index (χ0n) is 19.0. The van der Waals surface area contributed by atoms with Gasteiger partial charge in [0.1, 0.15) is 17.9 Å². The molecule has 3 aromatic rings. The Labute approximate surface area is 192 Å². The number of carbonyl (C=O) groups is 1. The van der Waals surface area contributed by atoms with E-state index in [1.807, 2.05) is 54.6 Å². The fourth-order valence-electron chi connectivity index (χ4n) is 3.30. The third kappa shape index (κ3) is 5.20. The highest BCUT2D eigenvalue weighted by atomic mass is 16.5. The van der Waals surface area contributed by atoms with Crippen molar-refractivity contribution < 1.29 is 33.6 Å². The van der Waals surface area contributed by atoms with Gasteiger partial charge in [0.15, 0.2) is 17.3 Å². The average Bonchev–Trinajstić information content (AvgIpc) is 2.86. The van der Waals surface area contributed by atoms with Crippen molar-refractivity contribution in [1.29, 1.82) is 0 Å². The highest BCUT2D eigenvalue weighted by Crippen LogP contribution is 2.53. The van der Waals surface area contributed by atoms with Crippen molar-refractivity contribution in [2.75, 3.05) is 28.4 Å². The number of rotatable bonds is 10. The molecule has 7 nitrogen and oxygen atoms in total. The Morgan fingerprint density at radius 2 is 1.36 bits per heavy atom. The molecule has 0 unspecified atom stereocenters. The smallest absolute Gasteiger partial charge is 0.211 e. The third-order valence-electron chi connectivity index (χ3n) is 4.92. The van der Waals surface area contributed by atoms with Crippen LogP contribution in [-0.2, 0) is 6.61 Å². The molecule has 7 heteroatoms. The number of allylic oxidation sites excluding steroid dienone is 1. The quantitative estimate of drug-likeness (QED) is 0.347. The number of phenols is 1. The molecule has 0 aliphatic heterocycles. The van der Waals surface area contributed by atoms with Crippen molar-refractivity contribution >= 4 is 11.9 Å². The minimum atomic E-state index is -0.493. The second-order valence-electron chi connectivity index (χ2n) is 6.90. The number of hydrogen-bond acceptors (Lipinski definition) is 7. The van der Waals surface area contributed by atoms with Crippen molar-refractivity contribution in [3.8, 4) is 34.5 Å². The second kappa shape index (κ2) is 10.9. The second-order valence-corrected chi connectivity index (χ2v) is 6.90. The lowest BCUT2D eigenvalue weighted by Gasteiger charge is -2.19. The van der Waals surface area contributed by atoms with E-state index in [0.717, 1.165) is 11.1 Å². The molecule has 1 N–H and O–H groups in total. The van der Waals surface area contributed by atoms with E-state index in [1.54, 1.807) is 6.08 Å². The summed E-state index contributed by atoms with van der Waals surface area (Å²) < 4.78 is 27.0. The Hall–Kier alpha value is -4.13. The summed E-state index contributed by atoms with van der Waals surface area (Å²) in [4.78, 5) is 13.0. The van der Waals surface area contributed by atoms with Gasteiger partial charge in [0, 0.05) is 0 Å². The van der Waals surface area contributed by atoms with Gasteiger partial charge >= 0.3 is 0 Å². The van der Waals surface area contributed by atoms with Crippen LogP contribution in [0.3, 0.4) is 0 Å². The molecule has 0 aliphatic carbocycles. The maximum absolute atomic E-state index is 13.0. The van der Waals surface area contributed by atoms with E-state index in [2.05, 4.69) is 0 Å². The number of methoxy groups -OCH3 is 4. The van der Waals surface area contributed by atoms with Gasteiger partial charge in [-0.15, -0.1) is 0 Å². The van der Waals surface area contributed by atoms with Crippen molar-refractivity contribution in [2.24, 2.45) is 0 Å². The van der Waals surface area contributed by atoms with Crippen LogP contribution in [0.5, 0.6) is 34.5 Å². The number of ether oxygens (including phenoxy) is 5. The van der Waals surface area contributed by atoms with Gasteiger partial charge in [0.25, 0.3) is 0 Å². The first-order chi connectivity index (χ1) is 16.0. The van der Waals surface area contributed by atoms with E-state index in [1.165, 1.54) is 34.5 Å². The minimum Gasteiger partial charge on any atom is -0.504 e. The average molecular weight is 450 g/mol. The van der Waals surface area contributed by atoms with Gasteiger partial charge in [0.05, 0.1) is 28.4 Å². The van der Waals surface area contributed by atoms with Gasteiger partial charge in [-0.3, -0.25) is 4.79 Å². The maximum Gasteiger partial charge on any atom is 0.211 e. The first-order valence-electron chi connectivity index (χ1n) is 10.1. The Balaban J connectivity index is 1.81. The predicted molar refractivity (Wildman–Crippen MR) is 125 cm³/mol. The van der Waals surface area contributed by atoms with Crippen LogP contribution in [0.25, 0.3) is 6.08 Å². The van der Waals surface area contributed by atoms with E-state index in [0.29, 0.717) is 12.4 Å². The van der Waals surface area contributed by atoms with Gasteiger partial charge in [-0.1, -0.05) is 48.5 Å². The van der Waals surface area contributed by atoms with Gasteiger partial charge in [-0.05, 0) is 29.3 Å². The van der Waals surface area contributed by atoms with Gasteiger partial charge < -0.3 is 28.8 Å². The predicted octanol–water partition coefficient (Wildman–Crippen LogP) is 4.90. The van der Waals surface area contributed by atoms with E-state index >= 15 is 0 Å². The van der Waals surface area contributed by atoms with Gasteiger partial charge in [0.2, 0.25) is 17.2 Å². The van der Waals surface area contributed by atoms with Crippen LogP contribution < -0.4 is 23.7 Å². The summed E-state index contributed by atoms with van der Waals surface area (Å²) in [6.07, 6.45) is 2.97. The molecule has 0 atom stereocenters. The summed E-state index contributed by atoms with van der Waals surface area (Å²) in [5.74, 6) is 0.122. The molecule has 0 aromatic heterocycles. The molecule has 3 aromatic carbocycles. The summed E-state index contributed by atoms with van der Waals surface area (Å²) in [5, 5.41) is 10.7. The maximum atomic E-state index is 13.0. The van der Waals surface area contributed by atoms with Crippen LogP contribution in [0.4, 0.5) is 0 Å². The van der Waals surface area contributed by atoms with Crippen molar-refractivity contribution in [1.82, 2.24) is 0 Å². The van der Waals surface area contributed by atoms with Crippen LogP contribution in [0.2, 0.25) is 0 Å². The van der Waals surface area contributed by atoms with Gasteiger partial charge in [-0.25, -0.2) is 0 Å². The summed E-state index contributed by atoms with van der Waals surface area (Å²) in [7, 11) is 5.53. The Morgan fingerprint density at radius 3 is 1.94 bits per heavy atom. The topological polar surface area (TPSA) is 83.5 Å². The monoisotopic (exact) mass is 450 g/mol. The molecule has 0 amide bonds. The first-order valence-corrected chi connectivity index (χ1v) is 10.1. The first kappa shape index (κ1) is 23.5. The van der Waals surface area contributed by atoms with E-state index in [-0.39, 0.29) is 28.6 Å². The Bertz CT molecular complexity index is 1120. The summed E-state index contributed by atoms with van der Waals surface area (Å²) in [6, 6.07) is 17.2. The molecule has 0 fully saturated rings. The SMILES string of the molecule is COc1c(O)c(C(=O)/C=C/c2ccc(OCc3ccccc3)cc2)c(OC)c(OC)c1OC. The number of aromatic hydroxyl groups is 1. The number of hydrogen-bond donors (Lipinski definition) is 1. The molecule has 172 valence electrons. The van der Waals surface area contributed by atoms with E-state index < -0.39 is 11.5 Å². The summed E-state index contributed by atoms with van der Waals surface area (Å²) in [6.45, 7) is 0.467. The van der Waals surface area contributed by atoms with E-state index in [4.69, 9.17) is 23.7 Å². The number of phenolic OH excluding ortho intramolecular Hbond substituents is 1. The lowest BCUT2D eigenvalue weighted by atomic mass is 10.0. The highest BCUT2D eigenvalue weighted by Gasteiger charge is 2.30. The molecule has 0 saturated carbocycles. The molecule has 0 radical (unpaired) electrons. The largest absolute Gasteiger partial charge is 0.504 e. The van der Waals surface area contributed by atoms with Crippen LogP contribution in [0.15, 0.2) is 60.7 Å². The standard InChI is InChI=1S/C26H26O7/c1-29-23-21(22(28)24(30-2)26(32-4)25(23)31-3)20(27)15-12-17-10-13-19(14-11-17)33-16-18-8-6-5-7-9-18/h5-15,28H,16H2,1-4H3/b15-12+. The van der Waals surface area contributed by atoms with Crippen molar-refractivity contribution in [3.63, 3.8) is 0 Å². The Morgan fingerprint density at radius 1 is 0.788 bits per heavy atom. The molecule has 3 rings (SSSR count). The highest BCUT2D eigenvalue weighted by molar-refractivity contribution is 6.12. The normalized spacial score (nSPS) is 10.7. The molecule has 33 heavy (non-hydrogen) atoms. The number of benzene rings is 3. The fourth-order valence-corrected chi connectivity index (χ4v) is 3.30. The van der Waals surface area contributed by atoms with Crippen molar-refractivity contribution in [3.05, 3.63) is 77.4 Å². The molecule has 0 heterocycles. The summed E-state index contributed by atoms with van der Waals surface area (Å²) >= 11 is 0. The van der Waals surface area contributed by atoms with Crippen LogP contribution in [0, 0.1) is 0 Å². The third-order valence-corrected chi connectivity index (χ3v) is 4.92. The van der Waals surface area contributed by atoms with Gasteiger partial charge in [-0.2, -0.15) is 0 Å². The molecule has 0 saturated heterocycles. The lowest BCUT2D eigenvalue weighted by molar-refractivity contribution is 0.104. The zero-order chi connectivity index (χ0) is 23.8. The van der Waals surface area contributed by atoms with Crippen LogP contribution >= 0.6 is 0 Å².